The number of halogens is 1. The number of rotatable bonds is 8. The van der Waals surface area contributed by atoms with Crippen molar-refractivity contribution in [2.45, 2.75) is 25.7 Å². The van der Waals surface area contributed by atoms with Crippen molar-refractivity contribution in [3.63, 3.8) is 0 Å². The second kappa shape index (κ2) is 10.7. The van der Waals surface area contributed by atoms with E-state index in [1.165, 1.54) is 0 Å². The summed E-state index contributed by atoms with van der Waals surface area (Å²) in [6.45, 7) is 0.851. The van der Waals surface area contributed by atoms with Gasteiger partial charge in [-0.05, 0) is 43.5 Å². The molecule has 1 fully saturated rings. The molecular formula is C19H24ClN3O5. The Hall–Kier alpha value is -2.61. The van der Waals surface area contributed by atoms with E-state index in [9.17, 15) is 19.2 Å². The van der Waals surface area contributed by atoms with Crippen LogP contribution < -0.4 is 11.1 Å². The van der Waals surface area contributed by atoms with Crippen molar-refractivity contribution >= 4 is 35.3 Å². The molecule has 2 rings (SSSR count). The van der Waals surface area contributed by atoms with Gasteiger partial charge in [-0.15, -0.1) is 0 Å². The van der Waals surface area contributed by atoms with E-state index in [0.717, 1.165) is 0 Å². The number of piperidine rings is 1. The maximum Gasteiger partial charge on any atom is 0.306 e. The Bertz CT molecular complexity index is 715. The van der Waals surface area contributed by atoms with E-state index in [1.54, 1.807) is 29.2 Å². The fourth-order valence-electron chi connectivity index (χ4n) is 2.86. The Morgan fingerprint density at radius 2 is 1.79 bits per heavy atom. The lowest BCUT2D eigenvalue weighted by atomic mass is 9.96. The fraction of sp³-hybridized carbons (Fsp3) is 0.474. The maximum absolute atomic E-state index is 12.0. The highest BCUT2D eigenvalue weighted by Crippen LogP contribution is 2.16. The number of ether oxygens (including phenoxy) is 1. The zero-order valence-corrected chi connectivity index (χ0v) is 16.2. The molecule has 152 valence electrons. The van der Waals surface area contributed by atoms with Crippen LogP contribution in [0.25, 0.3) is 0 Å². The zero-order valence-electron chi connectivity index (χ0n) is 15.5. The average Bonchev–Trinajstić information content (AvgIpc) is 2.69. The molecule has 1 heterocycles. The van der Waals surface area contributed by atoms with E-state index in [2.05, 4.69) is 5.32 Å². The van der Waals surface area contributed by atoms with Crippen LogP contribution in [0, 0.1) is 5.92 Å². The van der Waals surface area contributed by atoms with Gasteiger partial charge in [0.2, 0.25) is 5.91 Å². The number of benzene rings is 1. The third-order valence-corrected chi connectivity index (χ3v) is 4.81. The van der Waals surface area contributed by atoms with Crippen LogP contribution in [0.2, 0.25) is 5.02 Å². The van der Waals surface area contributed by atoms with Gasteiger partial charge in [0, 0.05) is 42.6 Å². The van der Waals surface area contributed by atoms with Gasteiger partial charge in [0.05, 0.1) is 0 Å². The Balaban J connectivity index is 1.58. The number of nitrogens with zero attached hydrogens (tertiary/aromatic N) is 1. The molecule has 0 unspecified atom stereocenters. The number of likely N-dealkylation sites (tertiary alicyclic amines) is 1. The molecule has 0 aliphatic carbocycles. The summed E-state index contributed by atoms with van der Waals surface area (Å²) in [5.41, 5.74) is 5.74. The number of amides is 3. The van der Waals surface area contributed by atoms with E-state index >= 15 is 0 Å². The maximum atomic E-state index is 12.0. The van der Waals surface area contributed by atoms with Gasteiger partial charge in [0.1, 0.15) is 0 Å². The van der Waals surface area contributed by atoms with Gasteiger partial charge in [-0.25, -0.2) is 0 Å². The largest absolute Gasteiger partial charge is 0.456 e. The van der Waals surface area contributed by atoms with Crippen molar-refractivity contribution in [2.75, 3.05) is 26.2 Å². The van der Waals surface area contributed by atoms with Crippen molar-refractivity contribution < 1.29 is 23.9 Å². The summed E-state index contributed by atoms with van der Waals surface area (Å²) in [5, 5.41) is 3.25. The molecule has 1 aliphatic heterocycles. The number of hydrogen-bond acceptors (Lipinski definition) is 5. The van der Waals surface area contributed by atoms with E-state index in [0.29, 0.717) is 49.5 Å². The molecule has 1 aromatic rings. The predicted octanol–water partition coefficient (Wildman–Crippen LogP) is 1.12. The number of esters is 1. The first-order valence-electron chi connectivity index (χ1n) is 9.13. The van der Waals surface area contributed by atoms with E-state index in [1.807, 2.05) is 0 Å². The van der Waals surface area contributed by atoms with Crippen molar-refractivity contribution in [3.05, 3.63) is 34.9 Å². The highest BCUT2D eigenvalue weighted by atomic mass is 35.5. The van der Waals surface area contributed by atoms with Crippen LogP contribution in [0.5, 0.6) is 0 Å². The third kappa shape index (κ3) is 6.84. The minimum absolute atomic E-state index is 0.0952. The van der Waals surface area contributed by atoms with Gasteiger partial charge in [-0.1, -0.05) is 11.6 Å². The molecule has 3 N–H and O–H groups in total. The number of carbonyl (C=O) groups excluding carboxylic acids is 4. The number of nitrogens with one attached hydrogen (secondary N) is 1. The predicted molar refractivity (Wildman–Crippen MR) is 102 cm³/mol. The fourth-order valence-corrected chi connectivity index (χ4v) is 2.98. The first-order chi connectivity index (χ1) is 13.4. The summed E-state index contributed by atoms with van der Waals surface area (Å²) < 4.78 is 4.99. The van der Waals surface area contributed by atoms with Gasteiger partial charge in [-0.2, -0.15) is 0 Å². The first-order valence-corrected chi connectivity index (χ1v) is 9.51. The minimum atomic E-state index is -0.499. The summed E-state index contributed by atoms with van der Waals surface area (Å²) in [5.74, 6) is -1.58. The van der Waals surface area contributed by atoms with Crippen molar-refractivity contribution in [1.29, 1.82) is 0 Å². The molecule has 0 bridgehead atoms. The SMILES string of the molecule is NC(=O)C1CCN(C(=O)COC(=O)CCCNC(=O)c2ccc(Cl)cc2)CC1. The molecule has 1 aliphatic rings. The normalized spacial score (nSPS) is 14.4. The second-order valence-corrected chi connectivity index (χ2v) is 7.02. The lowest BCUT2D eigenvalue weighted by Crippen LogP contribution is -2.43. The van der Waals surface area contributed by atoms with Crippen LogP contribution in [-0.2, 0) is 19.1 Å². The smallest absolute Gasteiger partial charge is 0.306 e. The molecule has 1 aromatic carbocycles. The molecule has 1 saturated heterocycles. The van der Waals surface area contributed by atoms with Crippen LogP contribution in [-0.4, -0.2) is 54.8 Å². The first kappa shape index (κ1) is 21.7. The van der Waals surface area contributed by atoms with E-state index < -0.39 is 5.97 Å². The second-order valence-electron chi connectivity index (χ2n) is 6.58. The van der Waals surface area contributed by atoms with Gasteiger partial charge in [0.25, 0.3) is 11.8 Å². The molecule has 0 radical (unpaired) electrons. The molecule has 8 nitrogen and oxygen atoms in total. The van der Waals surface area contributed by atoms with Gasteiger partial charge < -0.3 is 20.7 Å². The van der Waals surface area contributed by atoms with Crippen LogP contribution in [0.15, 0.2) is 24.3 Å². The zero-order chi connectivity index (χ0) is 20.5. The molecule has 0 aromatic heterocycles. The van der Waals surface area contributed by atoms with Crippen LogP contribution >= 0.6 is 11.6 Å². The highest BCUT2D eigenvalue weighted by molar-refractivity contribution is 6.30. The standard InChI is InChI=1S/C19H24ClN3O5/c20-15-5-3-14(4-6-15)19(27)22-9-1-2-17(25)28-12-16(24)23-10-7-13(8-11-23)18(21)26/h3-6,13H,1-2,7-12H2,(H2,21,26)(H,22,27). The molecule has 28 heavy (non-hydrogen) atoms. The molecule has 0 atom stereocenters. The van der Waals surface area contributed by atoms with Gasteiger partial charge >= 0.3 is 5.97 Å². The van der Waals surface area contributed by atoms with Gasteiger partial charge in [0.15, 0.2) is 6.61 Å². The molecular weight excluding hydrogens is 386 g/mol. The van der Waals surface area contributed by atoms with Crippen LogP contribution in [0.1, 0.15) is 36.0 Å². The third-order valence-electron chi connectivity index (χ3n) is 4.56. The average molecular weight is 410 g/mol. The van der Waals surface area contributed by atoms with E-state index in [4.69, 9.17) is 22.1 Å². The van der Waals surface area contributed by atoms with Crippen molar-refractivity contribution in [1.82, 2.24) is 10.2 Å². The Kier molecular flexibility index (Phi) is 8.25. The Morgan fingerprint density at radius 1 is 1.14 bits per heavy atom. The minimum Gasteiger partial charge on any atom is -0.456 e. The number of carbonyl (C=O) groups is 4. The summed E-state index contributed by atoms with van der Waals surface area (Å²) in [6, 6.07) is 6.48. The number of primary amides is 1. The summed E-state index contributed by atoms with van der Waals surface area (Å²) in [4.78, 5) is 48.4. The lowest BCUT2D eigenvalue weighted by Gasteiger charge is -2.30. The Morgan fingerprint density at radius 3 is 2.39 bits per heavy atom. The molecule has 3 amide bonds. The highest BCUT2D eigenvalue weighted by Gasteiger charge is 2.26. The number of hydrogen-bond donors (Lipinski definition) is 2. The van der Waals surface area contributed by atoms with Crippen LogP contribution in [0.3, 0.4) is 0 Å². The number of nitrogens with two attached hydrogens (primary N) is 1. The monoisotopic (exact) mass is 409 g/mol. The quantitative estimate of drug-likeness (QED) is 0.492. The lowest BCUT2D eigenvalue weighted by molar-refractivity contribution is -0.152. The van der Waals surface area contributed by atoms with Gasteiger partial charge in [-0.3, -0.25) is 19.2 Å². The molecule has 0 saturated carbocycles. The summed E-state index contributed by atoms with van der Waals surface area (Å²) in [7, 11) is 0. The summed E-state index contributed by atoms with van der Waals surface area (Å²) in [6.07, 6.45) is 1.55. The summed E-state index contributed by atoms with van der Waals surface area (Å²) >= 11 is 5.77. The van der Waals surface area contributed by atoms with E-state index in [-0.39, 0.29) is 36.7 Å². The topological polar surface area (TPSA) is 119 Å². The van der Waals surface area contributed by atoms with Crippen molar-refractivity contribution in [3.8, 4) is 0 Å². The Labute approximate surface area is 168 Å². The molecule has 0 spiro atoms. The van der Waals surface area contributed by atoms with Crippen molar-refractivity contribution in [2.24, 2.45) is 11.7 Å². The molecule has 9 heteroatoms. The van der Waals surface area contributed by atoms with Crippen LogP contribution in [0.4, 0.5) is 0 Å².